The predicted octanol–water partition coefficient (Wildman–Crippen LogP) is 3.92. The maximum atomic E-state index is 10.4. The van der Waals surface area contributed by atoms with Crippen molar-refractivity contribution >= 4 is 11.4 Å². The SMILES string of the molecule is C=C1CCc2cc(C)ccc21.CCCNCCC(C)=O. The lowest BCUT2D eigenvalue weighted by atomic mass is 10.1. The van der Waals surface area contributed by atoms with Gasteiger partial charge in [-0.05, 0) is 56.4 Å². The van der Waals surface area contributed by atoms with Crippen molar-refractivity contribution in [2.75, 3.05) is 13.1 Å². The summed E-state index contributed by atoms with van der Waals surface area (Å²) in [5.74, 6) is 0.263. The lowest BCUT2D eigenvalue weighted by Gasteiger charge is -1.99. The molecule has 0 fully saturated rings. The van der Waals surface area contributed by atoms with Crippen molar-refractivity contribution in [3.8, 4) is 0 Å². The van der Waals surface area contributed by atoms with Gasteiger partial charge in [-0.2, -0.15) is 0 Å². The zero-order valence-electron chi connectivity index (χ0n) is 13.1. The molecule has 0 spiro atoms. The molecule has 1 aromatic carbocycles. The van der Waals surface area contributed by atoms with Gasteiger partial charge in [0.05, 0.1) is 0 Å². The highest BCUT2D eigenvalue weighted by atomic mass is 16.1. The van der Waals surface area contributed by atoms with E-state index in [1.54, 1.807) is 6.92 Å². The molecule has 1 aromatic rings. The number of aryl methyl sites for hydroxylation is 2. The summed E-state index contributed by atoms with van der Waals surface area (Å²) in [7, 11) is 0. The maximum Gasteiger partial charge on any atom is 0.131 e. The summed E-state index contributed by atoms with van der Waals surface area (Å²) in [6.45, 7) is 11.8. The highest BCUT2D eigenvalue weighted by Gasteiger charge is 2.13. The molecule has 0 aliphatic heterocycles. The number of hydrogen-bond acceptors (Lipinski definition) is 2. The number of allylic oxidation sites excluding steroid dienone is 1. The van der Waals surface area contributed by atoms with E-state index < -0.39 is 0 Å². The molecule has 0 saturated carbocycles. The number of ketones is 1. The van der Waals surface area contributed by atoms with Gasteiger partial charge < -0.3 is 5.32 Å². The third kappa shape index (κ3) is 5.70. The van der Waals surface area contributed by atoms with Crippen LogP contribution in [-0.4, -0.2) is 18.9 Å². The fourth-order valence-corrected chi connectivity index (χ4v) is 2.26. The molecule has 2 heteroatoms. The number of carbonyl (C=O) groups excluding carboxylic acids is 1. The van der Waals surface area contributed by atoms with Crippen molar-refractivity contribution in [3.05, 3.63) is 41.5 Å². The van der Waals surface area contributed by atoms with Gasteiger partial charge in [0.2, 0.25) is 0 Å². The van der Waals surface area contributed by atoms with Crippen LogP contribution in [-0.2, 0) is 11.2 Å². The Bertz CT molecular complexity index is 462. The number of rotatable bonds is 5. The van der Waals surface area contributed by atoms with Crippen LogP contribution in [0.25, 0.3) is 5.57 Å². The van der Waals surface area contributed by atoms with E-state index in [4.69, 9.17) is 0 Å². The maximum absolute atomic E-state index is 10.4. The normalized spacial score (nSPS) is 12.7. The molecule has 1 N–H and O–H groups in total. The molecule has 0 saturated heterocycles. The average Bonchev–Trinajstić information content (AvgIpc) is 2.76. The van der Waals surface area contributed by atoms with E-state index >= 15 is 0 Å². The molecule has 1 aliphatic carbocycles. The summed E-state index contributed by atoms with van der Waals surface area (Å²) in [4.78, 5) is 10.4. The van der Waals surface area contributed by atoms with Gasteiger partial charge in [0, 0.05) is 13.0 Å². The molecular formula is C18H27NO. The Kier molecular flexibility index (Phi) is 7.24. The van der Waals surface area contributed by atoms with Gasteiger partial charge in [0.1, 0.15) is 5.78 Å². The van der Waals surface area contributed by atoms with Crippen molar-refractivity contribution in [1.29, 1.82) is 0 Å². The molecule has 0 amide bonds. The van der Waals surface area contributed by atoms with E-state index in [2.05, 4.69) is 43.9 Å². The highest BCUT2D eigenvalue weighted by molar-refractivity contribution is 5.75. The first-order chi connectivity index (χ1) is 9.54. The Labute approximate surface area is 123 Å². The molecule has 0 radical (unpaired) electrons. The van der Waals surface area contributed by atoms with Crippen LogP contribution in [0.5, 0.6) is 0 Å². The lowest BCUT2D eigenvalue weighted by molar-refractivity contribution is -0.116. The van der Waals surface area contributed by atoms with Gasteiger partial charge in [0.25, 0.3) is 0 Å². The smallest absolute Gasteiger partial charge is 0.131 e. The fraction of sp³-hybridized carbons (Fsp3) is 0.500. The second kappa shape index (κ2) is 8.70. The molecule has 0 bridgehead atoms. The van der Waals surface area contributed by atoms with Gasteiger partial charge >= 0.3 is 0 Å². The minimum atomic E-state index is 0.263. The van der Waals surface area contributed by atoms with E-state index in [-0.39, 0.29) is 5.78 Å². The summed E-state index contributed by atoms with van der Waals surface area (Å²) in [6, 6.07) is 6.63. The van der Waals surface area contributed by atoms with Gasteiger partial charge in [-0.15, -0.1) is 0 Å². The minimum absolute atomic E-state index is 0.263. The number of hydrogen-bond donors (Lipinski definition) is 1. The van der Waals surface area contributed by atoms with E-state index in [0.717, 1.165) is 25.9 Å². The second-order valence-electron chi connectivity index (χ2n) is 5.47. The van der Waals surface area contributed by atoms with Gasteiger partial charge in [-0.25, -0.2) is 0 Å². The highest BCUT2D eigenvalue weighted by Crippen LogP contribution is 2.30. The molecule has 2 rings (SSSR count). The zero-order valence-corrected chi connectivity index (χ0v) is 13.1. The summed E-state index contributed by atoms with van der Waals surface area (Å²) in [5.41, 5.74) is 5.53. The Morgan fingerprint density at radius 1 is 1.30 bits per heavy atom. The Morgan fingerprint density at radius 3 is 2.70 bits per heavy atom. The number of Topliss-reactive ketones (excluding diaryl/α,β-unsaturated/α-hetero) is 1. The number of fused-ring (bicyclic) bond motifs is 1. The predicted molar refractivity (Wildman–Crippen MR) is 87.0 cm³/mol. The quantitative estimate of drug-likeness (QED) is 0.824. The van der Waals surface area contributed by atoms with Crippen LogP contribution in [0.2, 0.25) is 0 Å². The van der Waals surface area contributed by atoms with Crippen LogP contribution in [0.4, 0.5) is 0 Å². The standard InChI is InChI=1S/C11H12.C7H15NO/c1-8-3-6-11-9(2)4-5-10(11)7-8;1-3-5-8-6-4-7(2)9/h3,6-7H,2,4-5H2,1H3;8H,3-6H2,1-2H3. The summed E-state index contributed by atoms with van der Waals surface area (Å²) < 4.78 is 0. The van der Waals surface area contributed by atoms with Crippen molar-refractivity contribution in [3.63, 3.8) is 0 Å². The first-order valence-corrected chi connectivity index (χ1v) is 7.52. The van der Waals surface area contributed by atoms with Crippen LogP contribution in [0, 0.1) is 6.92 Å². The second-order valence-corrected chi connectivity index (χ2v) is 5.47. The first-order valence-electron chi connectivity index (χ1n) is 7.52. The Hall–Kier alpha value is -1.41. The van der Waals surface area contributed by atoms with Crippen molar-refractivity contribution in [2.45, 2.75) is 46.5 Å². The third-order valence-electron chi connectivity index (χ3n) is 3.42. The molecule has 0 heterocycles. The van der Waals surface area contributed by atoms with Gasteiger partial charge in [-0.3, -0.25) is 4.79 Å². The molecule has 2 nitrogen and oxygen atoms in total. The van der Waals surface area contributed by atoms with Gasteiger partial charge in [-0.1, -0.05) is 37.3 Å². The van der Waals surface area contributed by atoms with Crippen LogP contribution in [0.1, 0.15) is 49.8 Å². The van der Waals surface area contributed by atoms with E-state index in [1.165, 1.54) is 28.7 Å². The molecule has 0 aromatic heterocycles. The average molecular weight is 273 g/mol. The molecule has 1 aliphatic rings. The molecular weight excluding hydrogens is 246 g/mol. The van der Waals surface area contributed by atoms with E-state index in [0.29, 0.717) is 6.42 Å². The van der Waals surface area contributed by atoms with Crippen LogP contribution in [0.3, 0.4) is 0 Å². The van der Waals surface area contributed by atoms with Crippen LogP contribution < -0.4 is 5.32 Å². The zero-order chi connectivity index (χ0) is 15.0. The molecule has 110 valence electrons. The van der Waals surface area contributed by atoms with Gasteiger partial charge in [0.15, 0.2) is 0 Å². The number of nitrogens with one attached hydrogen (secondary N) is 1. The first kappa shape index (κ1) is 16.6. The van der Waals surface area contributed by atoms with Crippen LogP contribution >= 0.6 is 0 Å². The van der Waals surface area contributed by atoms with Crippen molar-refractivity contribution < 1.29 is 4.79 Å². The minimum Gasteiger partial charge on any atom is -0.316 e. The molecule has 0 atom stereocenters. The van der Waals surface area contributed by atoms with Crippen LogP contribution in [0.15, 0.2) is 24.8 Å². The molecule has 20 heavy (non-hydrogen) atoms. The Morgan fingerprint density at radius 2 is 2.05 bits per heavy atom. The molecule has 0 unspecified atom stereocenters. The van der Waals surface area contributed by atoms with E-state index in [9.17, 15) is 4.79 Å². The largest absolute Gasteiger partial charge is 0.316 e. The number of carbonyl (C=O) groups is 1. The van der Waals surface area contributed by atoms with E-state index in [1.807, 2.05) is 0 Å². The van der Waals surface area contributed by atoms with Crippen molar-refractivity contribution in [2.24, 2.45) is 0 Å². The monoisotopic (exact) mass is 273 g/mol. The summed E-state index contributed by atoms with van der Waals surface area (Å²) in [6.07, 6.45) is 4.15. The summed E-state index contributed by atoms with van der Waals surface area (Å²) >= 11 is 0. The lowest BCUT2D eigenvalue weighted by Crippen LogP contribution is -2.17. The van der Waals surface area contributed by atoms with Crippen molar-refractivity contribution in [1.82, 2.24) is 5.32 Å². The number of benzene rings is 1. The Balaban J connectivity index is 0.000000206. The fourth-order valence-electron chi connectivity index (χ4n) is 2.26. The topological polar surface area (TPSA) is 29.1 Å². The third-order valence-corrected chi connectivity index (χ3v) is 3.42. The summed E-state index contributed by atoms with van der Waals surface area (Å²) in [5, 5.41) is 3.15.